The van der Waals surface area contributed by atoms with E-state index in [0.717, 1.165) is 12.8 Å². The van der Waals surface area contributed by atoms with Crippen LogP contribution in [-0.2, 0) is 9.53 Å². The minimum Gasteiger partial charge on any atom is -0.464 e. The van der Waals surface area contributed by atoms with Crippen LogP contribution in [0.5, 0.6) is 0 Å². The summed E-state index contributed by atoms with van der Waals surface area (Å²) in [7, 11) is 2.01. The van der Waals surface area contributed by atoms with Crippen molar-refractivity contribution in [2.75, 3.05) is 13.7 Å². The van der Waals surface area contributed by atoms with Crippen molar-refractivity contribution in [3.63, 3.8) is 0 Å². The Morgan fingerprint density at radius 2 is 1.72 bits per heavy atom. The maximum atomic E-state index is 12.5. The first-order valence-electron chi connectivity index (χ1n) is 7.05. The third-order valence-electron chi connectivity index (χ3n) is 4.52. The zero-order chi connectivity index (χ0) is 14.6. The number of nitrogens with zero attached hydrogens (tertiary/aromatic N) is 1. The standard InChI is InChI=1S/C15H31NO2/c1-9-11-18-13(17)15(7,14(5,6)10-2)16(8)12(3)4/h12H,9-11H2,1-8H3. The highest BCUT2D eigenvalue weighted by Gasteiger charge is 2.51. The second-order valence-corrected chi connectivity index (χ2v) is 6.15. The number of carbonyl (C=O) groups excluding carboxylic acids is 1. The van der Waals surface area contributed by atoms with Crippen molar-refractivity contribution in [3.8, 4) is 0 Å². The van der Waals surface area contributed by atoms with E-state index in [4.69, 9.17) is 4.74 Å². The molecule has 0 saturated heterocycles. The molecule has 3 heteroatoms. The summed E-state index contributed by atoms with van der Waals surface area (Å²) in [6.45, 7) is 15.1. The number of ether oxygens (including phenoxy) is 1. The monoisotopic (exact) mass is 257 g/mol. The third kappa shape index (κ3) is 3.25. The Morgan fingerprint density at radius 1 is 1.22 bits per heavy atom. The van der Waals surface area contributed by atoms with Gasteiger partial charge in [0.1, 0.15) is 5.54 Å². The average Bonchev–Trinajstić information content (AvgIpc) is 2.33. The summed E-state index contributed by atoms with van der Waals surface area (Å²) >= 11 is 0. The Kier molecular flexibility index (Phi) is 6.35. The molecule has 0 radical (unpaired) electrons. The molecule has 0 N–H and O–H groups in total. The molecule has 0 bridgehead atoms. The van der Waals surface area contributed by atoms with Gasteiger partial charge in [-0.25, -0.2) is 0 Å². The quantitative estimate of drug-likeness (QED) is 0.654. The topological polar surface area (TPSA) is 29.5 Å². The molecule has 108 valence electrons. The van der Waals surface area contributed by atoms with E-state index in [1.165, 1.54) is 0 Å². The Bertz CT molecular complexity index is 274. The van der Waals surface area contributed by atoms with Crippen molar-refractivity contribution in [2.24, 2.45) is 5.41 Å². The summed E-state index contributed by atoms with van der Waals surface area (Å²) in [6.07, 6.45) is 1.79. The van der Waals surface area contributed by atoms with Crippen molar-refractivity contribution >= 4 is 5.97 Å². The van der Waals surface area contributed by atoms with Crippen LogP contribution in [0.3, 0.4) is 0 Å². The predicted octanol–water partition coefficient (Wildman–Crippen LogP) is 3.47. The van der Waals surface area contributed by atoms with Crippen LogP contribution in [0.15, 0.2) is 0 Å². The molecular formula is C15H31NO2. The fourth-order valence-electron chi connectivity index (χ4n) is 2.09. The first-order valence-corrected chi connectivity index (χ1v) is 7.05. The van der Waals surface area contributed by atoms with E-state index in [2.05, 4.69) is 39.5 Å². The van der Waals surface area contributed by atoms with E-state index in [-0.39, 0.29) is 11.4 Å². The van der Waals surface area contributed by atoms with Gasteiger partial charge in [0.25, 0.3) is 0 Å². The van der Waals surface area contributed by atoms with Crippen LogP contribution < -0.4 is 0 Å². The minimum absolute atomic E-state index is 0.104. The van der Waals surface area contributed by atoms with E-state index >= 15 is 0 Å². The number of rotatable bonds is 7. The van der Waals surface area contributed by atoms with Gasteiger partial charge in [0.05, 0.1) is 6.61 Å². The summed E-state index contributed by atoms with van der Waals surface area (Å²) in [5.41, 5.74) is -0.720. The molecule has 0 fully saturated rings. The first kappa shape index (κ1) is 17.4. The van der Waals surface area contributed by atoms with Crippen molar-refractivity contribution in [3.05, 3.63) is 0 Å². The molecule has 0 aromatic rings. The smallest absolute Gasteiger partial charge is 0.326 e. The van der Waals surface area contributed by atoms with Crippen molar-refractivity contribution < 1.29 is 9.53 Å². The van der Waals surface area contributed by atoms with Crippen molar-refractivity contribution in [1.29, 1.82) is 0 Å². The van der Waals surface area contributed by atoms with E-state index < -0.39 is 5.54 Å². The highest BCUT2D eigenvalue weighted by molar-refractivity contribution is 5.81. The second kappa shape index (κ2) is 6.55. The largest absolute Gasteiger partial charge is 0.464 e. The molecule has 0 aliphatic carbocycles. The zero-order valence-electron chi connectivity index (χ0n) is 13.5. The summed E-state index contributed by atoms with van der Waals surface area (Å²) in [5, 5.41) is 0. The lowest BCUT2D eigenvalue weighted by Gasteiger charge is -2.49. The molecule has 0 aliphatic rings. The van der Waals surface area contributed by atoms with Gasteiger partial charge < -0.3 is 4.74 Å². The van der Waals surface area contributed by atoms with Crippen molar-refractivity contribution in [2.45, 2.75) is 72.9 Å². The fourth-order valence-corrected chi connectivity index (χ4v) is 2.09. The highest BCUT2D eigenvalue weighted by Crippen LogP contribution is 2.40. The Morgan fingerprint density at radius 3 is 2.06 bits per heavy atom. The van der Waals surface area contributed by atoms with Gasteiger partial charge in [0.15, 0.2) is 0 Å². The zero-order valence-corrected chi connectivity index (χ0v) is 13.5. The lowest BCUT2D eigenvalue weighted by Crippen LogP contribution is -2.62. The van der Waals surface area contributed by atoms with Crippen LogP contribution in [0.1, 0.15) is 61.3 Å². The summed E-state index contributed by atoms with van der Waals surface area (Å²) in [6, 6.07) is 0.301. The van der Waals surface area contributed by atoms with E-state index in [1.807, 2.05) is 20.9 Å². The number of esters is 1. The van der Waals surface area contributed by atoms with Crippen LogP contribution in [-0.4, -0.2) is 36.1 Å². The molecule has 0 heterocycles. The van der Waals surface area contributed by atoms with E-state index in [9.17, 15) is 4.79 Å². The third-order valence-corrected chi connectivity index (χ3v) is 4.52. The van der Waals surface area contributed by atoms with E-state index in [0.29, 0.717) is 12.6 Å². The Labute approximate surface area is 113 Å². The minimum atomic E-state index is -0.592. The van der Waals surface area contributed by atoms with Gasteiger partial charge in [-0.3, -0.25) is 9.69 Å². The number of carbonyl (C=O) groups is 1. The van der Waals surface area contributed by atoms with Crippen LogP contribution in [0.25, 0.3) is 0 Å². The summed E-state index contributed by atoms with van der Waals surface area (Å²) in [5.74, 6) is -0.104. The first-order chi connectivity index (χ1) is 8.15. The molecule has 1 atom stereocenters. The molecule has 3 nitrogen and oxygen atoms in total. The van der Waals surface area contributed by atoms with Crippen LogP contribution in [0.4, 0.5) is 0 Å². The lowest BCUT2D eigenvalue weighted by atomic mass is 9.70. The van der Waals surface area contributed by atoms with E-state index in [1.54, 1.807) is 0 Å². The maximum Gasteiger partial charge on any atom is 0.326 e. The molecule has 18 heavy (non-hydrogen) atoms. The summed E-state index contributed by atoms with van der Waals surface area (Å²) < 4.78 is 5.44. The van der Waals surface area contributed by atoms with Gasteiger partial charge in [-0.15, -0.1) is 0 Å². The molecule has 0 rings (SSSR count). The normalized spacial score (nSPS) is 15.9. The second-order valence-electron chi connectivity index (χ2n) is 6.15. The molecule has 0 aliphatic heterocycles. The molecule has 0 aromatic carbocycles. The SMILES string of the molecule is CCCOC(=O)C(C)(N(C)C(C)C)C(C)(C)CC. The molecular weight excluding hydrogens is 226 g/mol. The molecule has 1 unspecified atom stereocenters. The number of likely N-dealkylation sites (N-methyl/N-ethyl adjacent to an activating group) is 1. The van der Waals surface area contributed by atoms with Gasteiger partial charge in [-0.1, -0.05) is 27.7 Å². The average molecular weight is 257 g/mol. The summed E-state index contributed by atoms with van der Waals surface area (Å²) in [4.78, 5) is 14.6. The van der Waals surface area contributed by atoms with Gasteiger partial charge in [-0.2, -0.15) is 0 Å². The van der Waals surface area contributed by atoms with Gasteiger partial charge in [0.2, 0.25) is 0 Å². The Balaban J connectivity index is 5.35. The Hall–Kier alpha value is -0.570. The van der Waals surface area contributed by atoms with Crippen LogP contribution in [0, 0.1) is 5.41 Å². The fraction of sp³-hybridized carbons (Fsp3) is 0.933. The van der Waals surface area contributed by atoms with Crippen molar-refractivity contribution in [1.82, 2.24) is 4.90 Å². The predicted molar refractivity (Wildman–Crippen MR) is 76.6 cm³/mol. The van der Waals surface area contributed by atoms with Crippen LogP contribution in [0.2, 0.25) is 0 Å². The molecule has 0 saturated carbocycles. The number of hydrogen-bond acceptors (Lipinski definition) is 3. The molecule has 0 aromatic heterocycles. The van der Waals surface area contributed by atoms with Crippen LogP contribution >= 0.6 is 0 Å². The molecule has 0 spiro atoms. The maximum absolute atomic E-state index is 12.5. The van der Waals surface area contributed by atoms with Gasteiger partial charge >= 0.3 is 5.97 Å². The highest BCUT2D eigenvalue weighted by atomic mass is 16.5. The lowest BCUT2D eigenvalue weighted by molar-refractivity contribution is -0.167. The number of hydrogen-bond donors (Lipinski definition) is 0. The molecule has 0 amide bonds. The van der Waals surface area contributed by atoms with Gasteiger partial charge in [0, 0.05) is 6.04 Å². The van der Waals surface area contributed by atoms with Gasteiger partial charge in [-0.05, 0) is 46.1 Å².